The van der Waals surface area contributed by atoms with Crippen LogP contribution in [0.4, 0.5) is 0 Å². The van der Waals surface area contributed by atoms with Crippen LogP contribution >= 0.6 is 0 Å². The summed E-state index contributed by atoms with van der Waals surface area (Å²) in [7, 11) is 2.11. The van der Waals surface area contributed by atoms with E-state index in [0.29, 0.717) is 12.1 Å². The minimum Gasteiger partial charge on any atom is -0.376 e. The van der Waals surface area contributed by atoms with Gasteiger partial charge in [-0.3, -0.25) is 0 Å². The highest BCUT2D eigenvalue weighted by Crippen LogP contribution is 2.31. The van der Waals surface area contributed by atoms with Gasteiger partial charge in [-0.15, -0.1) is 0 Å². The third-order valence-corrected chi connectivity index (χ3v) is 5.44. The molecule has 19 heavy (non-hydrogen) atoms. The average Bonchev–Trinajstić information content (AvgIpc) is 2.49. The number of nitrogens with one attached hydrogen (secondary N) is 1. The second-order valence-corrected chi connectivity index (χ2v) is 6.62. The van der Waals surface area contributed by atoms with Gasteiger partial charge in [0.15, 0.2) is 0 Å². The minimum atomic E-state index is 0.540. The van der Waals surface area contributed by atoms with E-state index in [4.69, 9.17) is 4.74 Å². The SMILES string of the molecule is CCC1CCCCC1OCC(NC)C1CCCCC1. The van der Waals surface area contributed by atoms with Gasteiger partial charge in [-0.05, 0) is 44.6 Å². The second-order valence-electron chi connectivity index (χ2n) is 6.62. The van der Waals surface area contributed by atoms with E-state index in [2.05, 4.69) is 19.3 Å². The van der Waals surface area contributed by atoms with Gasteiger partial charge in [0.25, 0.3) is 0 Å². The van der Waals surface area contributed by atoms with Crippen LogP contribution in [0.15, 0.2) is 0 Å². The average molecular weight is 267 g/mol. The van der Waals surface area contributed by atoms with E-state index in [1.54, 1.807) is 0 Å². The lowest BCUT2D eigenvalue weighted by molar-refractivity contribution is -0.0290. The van der Waals surface area contributed by atoms with Crippen LogP contribution in [0, 0.1) is 11.8 Å². The molecule has 3 atom stereocenters. The minimum absolute atomic E-state index is 0.540. The highest BCUT2D eigenvalue weighted by atomic mass is 16.5. The standard InChI is InChI=1S/C17H33NO/c1-3-14-9-7-8-12-17(14)19-13-16(18-2)15-10-5-4-6-11-15/h14-18H,3-13H2,1-2H3. The summed E-state index contributed by atoms with van der Waals surface area (Å²) in [6.45, 7) is 3.26. The number of rotatable bonds is 6. The van der Waals surface area contributed by atoms with Gasteiger partial charge in [-0.1, -0.05) is 45.4 Å². The number of likely N-dealkylation sites (N-methyl/N-ethyl adjacent to an activating group) is 1. The van der Waals surface area contributed by atoms with Gasteiger partial charge in [0.2, 0.25) is 0 Å². The predicted molar refractivity (Wildman–Crippen MR) is 81.4 cm³/mol. The first kappa shape index (κ1) is 15.3. The molecule has 0 aliphatic heterocycles. The maximum atomic E-state index is 6.33. The molecule has 0 aromatic heterocycles. The van der Waals surface area contributed by atoms with Crippen molar-refractivity contribution in [3.05, 3.63) is 0 Å². The molecule has 1 N–H and O–H groups in total. The largest absolute Gasteiger partial charge is 0.376 e. The summed E-state index contributed by atoms with van der Waals surface area (Å²) in [6, 6.07) is 0.583. The van der Waals surface area contributed by atoms with Crippen molar-refractivity contribution in [1.29, 1.82) is 0 Å². The number of ether oxygens (including phenoxy) is 1. The Balaban J connectivity index is 1.77. The summed E-state index contributed by atoms with van der Waals surface area (Å²) in [4.78, 5) is 0. The van der Waals surface area contributed by atoms with Gasteiger partial charge in [-0.25, -0.2) is 0 Å². The van der Waals surface area contributed by atoms with Crippen LogP contribution < -0.4 is 5.32 Å². The fourth-order valence-corrected chi connectivity index (χ4v) is 4.08. The Bertz CT molecular complexity index is 237. The molecule has 0 aromatic carbocycles. The van der Waals surface area contributed by atoms with Gasteiger partial charge in [0.1, 0.15) is 0 Å². The molecule has 0 spiro atoms. The summed E-state index contributed by atoms with van der Waals surface area (Å²) < 4.78 is 6.33. The Labute approximate surface area is 119 Å². The van der Waals surface area contributed by atoms with Crippen molar-refractivity contribution in [1.82, 2.24) is 5.32 Å². The highest BCUT2D eigenvalue weighted by Gasteiger charge is 2.27. The molecule has 2 fully saturated rings. The zero-order valence-electron chi connectivity index (χ0n) is 13.0. The van der Waals surface area contributed by atoms with E-state index in [9.17, 15) is 0 Å². The molecule has 0 saturated heterocycles. The van der Waals surface area contributed by atoms with E-state index in [-0.39, 0.29) is 0 Å². The normalized spacial score (nSPS) is 31.3. The predicted octanol–water partition coefficient (Wildman–Crippen LogP) is 4.14. The molecule has 0 heterocycles. The molecule has 2 rings (SSSR count). The Morgan fingerprint density at radius 2 is 1.68 bits per heavy atom. The van der Waals surface area contributed by atoms with Crippen molar-refractivity contribution >= 4 is 0 Å². The zero-order chi connectivity index (χ0) is 13.5. The summed E-state index contributed by atoms with van der Waals surface area (Å²) in [5.74, 6) is 1.67. The third kappa shape index (κ3) is 4.46. The van der Waals surface area contributed by atoms with Crippen LogP contribution in [0.1, 0.15) is 71.1 Å². The van der Waals surface area contributed by atoms with Crippen LogP contribution in [0.2, 0.25) is 0 Å². The van der Waals surface area contributed by atoms with Crippen LogP contribution in [0.25, 0.3) is 0 Å². The molecular formula is C17H33NO. The number of hydrogen-bond donors (Lipinski definition) is 1. The molecule has 0 amide bonds. The lowest BCUT2D eigenvalue weighted by atomic mass is 9.83. The highest BCUT2D eigenvalue weighted by molar-refractivity contribution is 4.80. The van der Waals surface area contributed by atoms with Gasteiger partial charge in [0, 0.05) is 6.04 Å². The molecule has 0 bridgehead atoms. The summed E-state index contributed by atoms with van der Waals surface area (Å²) in [6.07, 6.45) is 14.4. The topological polar surface area (TPSA) is 21.3 Å². The van der Waals surface area contributed by atoms with E-state index in [0.717, 1.165) is 18.4 Å². The van der Waals surface area contributed by atoms with Crippen molar-refractivity contribution in [2.24, 2.45) is 11.8 Å². The van der Waals surface area contributed by atoms with Gasteiger partial charge in [-0.2, -0.15) is 0 Å². The summed E-state index contributed by atoms with van der Waals surface area (Å²) in [5.41, 5.74) is 0. The molecule has 2 aliphatic carbocycles. The Kier molecular flexibility index (Phi) is 6.66. The molecule has 2 nitrogen and oxygen atoms in total. The fraction of sp³-hybridized carbons (Fsp3) is 1.00. The summed E-state index contributed by atoms with van der Waals surface area (Å²) in [5, 5.41) is 3.52. The molecule has 3 unspecified atom stereocenters. The first-order valence-electron chi connectivity index (χ1n) is 8.64. The van der Waals surface area contributed by atoms with Crippen LogP contribution in [-0.2, 0) is 4.74 Å². The number of hydrogen-bond acceptors (Lipinski definition) is 2. The molecular weight excluding hydrogens is 234 g/mol. The Hall–Kier alpha value is -0.0800. The van der Waals surface area contributed by atoms with Crippen LogP contribution in [0.5, 0.6) is 0 Å². The quantitative estimate of drug-likeness (QED) is 0.781. The monoisotopic (exact) mass is 267 g/mol. The first-order valence-corrected chi connectivity index (χ1v) is 8.64. The Morgan fingerprint density at radius 3 is 2.37 bits per heavy atom. The van der Waals surface area contributed by atoms with Crippen molar-refractivity contribution < 1.29 is 4.74 Å². The molecule has 2 saturated carbocycles. The van der Waals surface area contributed by atoms with Gasteiger partial charge < -0.3 is 10.1 Å². The van der Waals surface area contributed by atoms with Crippen molar-refractivity contribution in [2.75, 3.05) is 13.7 Å². The fourth-order valence-electron chi connectivity index (χ4n) is 4.08. The van der Waals surface area contributed by atoms with E-state index in [1.807, 2.05) is 0 Å². The summed E-state index contributed by atoms with van der Waals surface area (Å²) >= 11 is 0. The smallest absolute Gasteiger partial charge is 0.0626 e. The van der Waals surface area contributed by atoms with Crippen LogP contribution in [0.3, 0.4) is 0 Å². The maximum absolute atomic E-state index is 6.33. The van der Waals surface area contributed by atoms with E-state index in [1.165, 1.54) is 64.2 Å². The second kappa shape index (κ2) is 8.26. The lowest BCUT2D eigenvalue weighted by Crippen LogP contribution is -2.41. The van der Waals surface area contributed by atoms with Gasteiger partial charge >= 0.3 is 0 Å². The maximum Gasteiger partial charge on any atom is 0.0626 e. The van der Waals surface area contributed by atoms with Crippen molar-refractivity contribution in [2.45, 2.75) is 83.3 Å². The first-order chi connectivity index (χ1) is 9.35. The molecule has 2 aliphatic rings. The molecule has 0 aromatic rings. The van der Waals surface area contributed by atoms with E-state index >= 15 is 0 Å². The third-order valence-electron chi connectivity index (χ3n) is 5.44. The van der Waals surface area contributed by atoms with Crippen molar-refractivity contribution in [3.63, 3.8) is 0 Å². The lowest BCUT2D eigenvalue weighted by Gasteiger charge is -2.35. The van der Waals surface area contributed by atoms with Crippen LogP contribution in [-0.4, -0.2) is 25.8 Å². The van der Waals surface area contributed by atoms with Crippen molar-refractivity contribution in [3.8, 4) is 0 Å². The van der Waals surface area contributed by atoms with E-state index < -0.39 is 0 Å². The zero-order valence-corrected chi connectivity index (χ0v) is 13.0. The molecule has 0 radical (unpaired) electrons. The molecule has 112 valence electrons. The Morgan fingerprint density at radius 1 is 1.00 bits per heavy atom. The molecule has 2 heteroatoms. The van der Waals surface area contributed by atoms with Gasteiger partial charge in [0.05, 0.1) is 12.7 Å².